The number of piperazine rings is 1. The Kier molecular flexibility index (Phi) is 7.89. The molecule has 37 heavy (non-hydrogen) atoms. The lowest BCUT2D eigenvalue weighted by molar-refractivity contribution is 0.0699. The minimum atomic E-state index is -3.87. The molecule has 0 radical (unpaired) electrons. The second-order valence-corrected chi connectivity index (χ2v) is 11.5. The molecule has 0 aliphatic carbocycles. The molecule has 2 N–H and O–H groups in total. The number of anilines is 2. The first-order chi connectivity index (χ1) is 17.6. The van der Waals surface area contributed by atoms with Crippen LogP contribution in [0.1, 0.15) is 37.6 Å². The number of hydrogen-bond acceptors (Lipinski definition) is 7. The topological polar surface area (TPSA) is 112 Å². The van der Waals surface area contributed by atoms with Crippen molar-refractivity contribution < 1.29 is 23.1 Å². The summed E-state index contributed by atoms with van der Waals surface area (Å²) in [5, 5.41) is 10.3. The molecule has 0 bridgehead atoms. The number of fused-ring (bicyclic) bond motifs is 1. The lowest BCUT2D eigenvalue weighted by Gasteiger charge is -2.39. The molecule has 1 aliphatic heterocycles. The Bertz CT molecular complexity index is 1370. The Morgan fingerprint density at radius 1 is 1.05 bits per heavy atom. The number of rotatable bonds is 9. The SMILES string of the molecule is COc1ccc(S(=O)(=O)Nc2ccc3nc(N4CCN([C@H](C)CC(C)C)CC4)cc(C(=O)O)c3c2)cc1. The summed E-state index contributed by atoms with van der Waals surface area (Å²) in [5.74, 6) is 0.712. The molecule has 1 atom stereocenters. The standard InChI is InChI=1S/C27H34N4O5S/c1-18(2)15-19(3)30-11-13-31(14-12-30)26-17-24(27(32)33)23-16-20(5-10-25(23)28-26)29-37(34,35)22-8-6-21(36-4)7-9-22/h5-10,16-19,29H,11-15H2,1-4H3,(H,32,33)/t19-/m1/s1. The summed E-state index contributed by atoms with van der Waals surface area (Å²) in [4.78, 5) is 21.6. The van der Waals surface area contributed by atoms with Crippen LogP contribution in [-0.2, 0) is 10.0 Å². The summed E-state index contributed by atoms with van der Waals surface area (Å²) < 4.78 is 33.3. The number of ether oxygens (including phenoxy) is 1. The molecule has 3 aromatic rings. The number of aromatic carboxylic acids is 1. The molecule has 2 heterocycles. The smallest absolute Gasteiger partial charge is 0.336 e. The van der Waals surface area contributed by atoms with Crippen molar-refractivity contribution in [1.29, 1.82) is 0 Å². The fourth-order valence-electron chi connectivity index (χ4n) is 4.81. The van der Waals surface area contributed by atoms with Gasteiger partial charge in [0.25, 0.3) is 10.0 Å². The number of aromatic nitrogens is 1. The summed E-state index contributed by atoms with van der Waals surface area (Å²) in [6.45, 7) is 10.0. The number of methoxy groups -OCH3 is 1. The molecular weight excluding hydrogens is 492 g/mol. The van der Waals surface area contributed by atoms with Crippen LogP contribution in [0.2, 0.25) is 0 Å². The first kappa shape index (κ1) is 26.7. The van der Waals surface area contributed by atoms with E-state index in [-0.39, 0.29) is 16.1 Å². The average Bonchev–Trinajstić information content (AvgIpc) is 2.87. The van der Waals surface area contributed by atoms with Crippen molar-refractivity contribution >= 4 is 38.4 Å². The van der Waals surface area contributed by atoms with Gasteiger partial charge in [-0.15, -0.1) is 0 Å². The first-order valence-corrected chi connectivity index (χ1v) is 13.9. The minimum Gasteiger partial charge on any atom is -0.497 e. The number of carboxylic acids is 1. The van der Waals surface area contributed by atoms with Gasteiger partial charge < -0.3 is 14.7 Å². The molecule has 198 valence electrons. The highest BCUT2D eigenvalue weighted by molar-refractivity contribution is 7.92. The van der Waals surface area contributed by atoms with Crippen LogP contribution in [-0.4, -0.2) is 68.7 Å². The zero-order chi connectivity index (χ0) is 26.7. The second-order valence-electron chi connectivity index (χ2n) is 9.85. The van der Waals surface area contributed by atoms with Crippen molar-refractivity contribution in [2.75, 3.05) is 42.9 Å². The van der Waals surface area contributed by atoms with E-state index >= 15 is 0 Å². The van der Waals surface area contributed by atoms with Gasteiger partial charge in [-0.05, 0) is 67.8 Å². The van der Waals surface area contributed by atoms with E-state index in [4.69, 9.17) is 9.72 Å². The molecule has 4 rings (SSSR count). The van der Waals surface area contributed by atoms with E-state index in [9.17, 15) is 18.3 Å². The van der Waals surface area contributed by atoms with Crippen LogP contribution in [0.4, 0.5) is 11.5 Å². The highest BCUT2D eigenvalue weighted by Crippen LogP contribution is 2.28. The second kappa shape index (κ2) is 10.9. The van der Waals surface area contributed by atoms with E-state index in [1.165, 1.54) is 25.3 Å². The zero-order valence-electron chi connectivity index (χ0n) is 21.6. The predicted octanol–water partition coefficient (Wildman–Crippen LogP) is 4.30. The lowest BCUT2D eigenvalue weighted by atomic mass is 10.0. The van der Waals surface area contributed by atoms with Crippen molar-refractivity contribution in [2.45, 2.75) is 38.1 Å². The third-order valence-electron chi connectivity index (χ3n) is 6.72. The van der Waals surface area contributed by atoms with E-state index < -0.39 is 16.0 Å². The minimum absolute atomic E-state index is 0.0715. The summed E-state index contributed by atoms with van der Waals surface area (Å²) >= 11 is 0. The fourth-order valence-corrected chi connectivity index (χ4v) is 5.86. The van der Waals surface area contributed by atoms with Crippen molar-refractivity contribution in [3.63, 3.8) is 0 Å². The molecule has 0 spiro atoms. The normalized spacial score (nSPS) is 15.6. The number of nitrogens with zero attached hydrogens (tertiary/aromatic N) is 3. The van der Waals surface area contributed by atoms with Gasteiger partial charge in [0.05, 0.1) is 23.1 Å². The molecular formula is C27H34N4O5S. The molecule has 1 aliphatic rings. The maximum atomic E-state index is 12.9. The molecule has 0 unspecified atom stereocenters. The molecule has 1 aromatic heterocycles. The van der Waals surface area contributed by atoms with Crippen molar-refractivity contribution in [1.82, 2.24) is 9.88 Å². The Labute approximate surface area is 218 Å². The van der Waals surface area contributed by atoms with E-state index in [0.29, 0.717) is 34.4 Å². The highest BCUT2D eigenvalue weighted by Gasteiger charge is 2.24. The van der Waals surface area contributed by atoms with Crippen LogP contribution >= 0.6 is 0 Å². The van der Waals surface area contributed by atoms with Crippen molar-refractivity contribution in [3.8, 4) is 5.75 Å². The van der Waals surface area contributed by atoms with Crippen LogP contribution < -0.4 is 14.4 Å². The van der Waals surface area contributed by atoms with Gasteiger partial charge in [-0.25, -0.2) is 18.2 Å². The van der Waals surface area contributed by atoms with Crippen molar-refractivity contribution in [2.24, 2.45) is 5.92 Å². The van der Waals surface area contributed by atoms with E-state index in [2.05, 4.69) is 35.3 Å². The Hall–Kier alpha value is -3.37. The Morgan fingerprint density at radius 3 is 2.32 bits per heavy atom. The first-order valence-electron chi connectivity index (χ1n) is 12.4. The molecule has 0 amide bonds. The number of carboxylic acid groups (broad SMARTS) is 1. The van der Waals surface area contributed by atoms with Crippen LogP contribution in [0.5, 0.6) is 5.75 Å². The van der Waals surface area contributed by atoms with Gasteiger partial charge >= 0.3 is 5.97 Å². The van der Waals surface area contributed by atoms with Crippen LogP contribution in [0, 0.1) is 5.92 Å². The highest BCUT2D eigenvalue weighted by atomic mass is 32.2. The molecule has 0 saturated carbocycles. The number of pyridine rings is 1. The number of carbonyl (C=O) groups is 1. The van der Waals surface area contributed by atoms with Gasteiger partial charge in [0.2, 0.25) is 0 Å². The van der Waals surface area contributed by atoms with Crippen LogP contribution in [0.15, 0.2) is 53.4 Å². The third kappa shape index (κ3) is 6.14. The molecule has 10 heteroatoms. The van der Waals surface area contributed by atoms with Crippen LogP contribution in [0.25, 0.3) is 10.9 Å². The van der Waals surface area contributed by atoms with Gasteiger partial charge in [0.15, 0.2) is 0 Å². The molecule has 9 nitrogen and oxygen atoms in total. The quantitative estimate of drug-likeness (QED) is 0.425. The number of benzene rings is 2. The fraction of sp³-hybridized carbons (Fsp3) is 0.407. The number of hydrogen-bond donors (Lipinski definition) is 2. The summed E-state index contributed by atoms with van der Waals surface area (Å²) in [6, 6.07) is 12.9. The lowest BCUT2D eigenvalue weighted by Crippen LogP contribution is -2.50. The van der Waals surface area contributed by atoms with E-state index in [0.717, 1.165) is 32.6 Å². The maximum Gasteiger partial charge on any atom is 0.336 e. The number of nitrogens with one attached hydrogen (secondary N) is 1. The van der Waals surface area contributed by atoms with Crippen molar-refractivity contribution in [3.05, 3.63) is 54.1 Å². The maximum absolute atomic E-state index is 12.9. The van der Waals surface area contributed by atoms with Gasteiger partial charge in [-0.1, -0.05) is 13.8 Å². The van der Waals surface area contributed by atoms with Gasteiger partial charge in [-0.2, -0.15) is 0 Å². The van der Waals surface area contributed by atoms with E-state index in [1.807, 2.05) is 0 Å². The third-order valence-corrected chi connectivity index (χ3v) is 8.12. The average molecular weight is 527 g/mol. The Morgan fingerprint density at radius 2 is 1.73 bits per heavy atom. The molecule has 2 aromatic carbocycles. The Balaban J connectivity index is 1.57. The van der Waals surface area contributed by atoms with E-state index in [1.54, 1.807) is 30.3 Å². The predicted molar refractivity (Wildman–Crippen MR) is 145 cm³/mol. The van der Waals surface area contributed by atoms with Crippen LogP contribution in [0.3, 0.4) is 0 Å². The zero-order valence-corrected chi connectivity index (χ0v) is 22.5. The largest absolute Gasteiger partial charge is 0.497 e. The monoisotopic (exact) mass is 526 g/mol. The molecule has 1 saturated heterocycles. The summed E-state index contributed by atoms with van der Waals surface area (Å²) in [6.07, 6.45) is 1.14. The summed E-state index contributed by atoms with van der Waals surface area (Å²) in [5.41, 5.74) is 0.840. The molecule has 1 fully saturated rings. The number of sulfonamides is 1. The van der Waals surface area contributed by atoms with Gasteiger partial charge in [0.1, 0.15) is 11.6 Å². The van der Waals surface area contributed by atoms with Gasteiger partial charge in [0, 0.05) is 43.3 Å². The summed E-state index contributed by atoms with van der Waals surface area (Å²) in [7, 11) is -2.37. The van der Waals surface area contributed by atoms with Gasteiger partial charge in [-0.3, -0.25) is 9.62 Å².